The van der Waals surface area contributed by atoms with Crippen LogP contribution in [0.4, 0.5) is 17.1 Å². The molecule has 8 rings (SSSR count). The van der Waals surface area contributed by atoms with E-state index in [1.165, 1.54) is 77.9 Å². The third-order valence-corrected chi connectivity index (χ3v) is 10.8. The van der Waals surface area contributed by atoms with Crippen LogP contribution in [-0.4, -0.2) is 4.57 Å². The minimum atomic E-state index is -0.0718. The summed E-state index contributed by atoms with van der Waals surface area (Å²) in [5.41, 5.74) is 15.6. The fourth-order valence-corrected chi connectivity index (χ4v) is 8.24. The Hall–Kier alpha value is -5.08. The van der Waals surface area contributed by atoms with Crippen molar-refractivity contribution in [2.24, 2.45) is 0 Å². The van der Waals surface area contributed by atoms with Crippen molar-refractivity contribution >= 4 is 38.9 Å². The number of fused-ring (bicyclic) bond motifs is 6. The highest BCUT2D eigenvalue weighted by atomic mass is 15.1. The Bertz CT molecular complexity index is 2160. The average molecular weight is 611 g/mol. The Morgan fingerprint density at radius 3 is 1.55 bits per heavy atom. The van der Waals surface area contributed by atoms with Crippen molar-refractivity contribution in [3.63, 3.8) is 0 Å². The van der Waals surface area contributed by atoms with Gasteiger partial charge in [-0.3, -0.25) is 0 Å². The van der Waals surface area contributed by atoms with Gasteiger partial charge in [0.05, 0.1) is 11.0 Å². The number of para-hydroxylation sites is 2. The first kappa shape index (κ1) is 29.3. The van der Waals surface area contributed by atoms with E-state index in [1.54, 1.807) is 0 Å². The summed E-state index contributed by atoms with van der Waals surface area (Å²) >= 11 is 0. The molecule has 0 bridgehead atoms. The SMILES string of the molecule is CCc1cccc(N(c2cccc(CC)c2)c2ccc3c(c2)C(CC)(CC)c2cc(-n4c5ccccc5c5ccccc54)ccc2-3)c1. The van der Waals surface area contributed by atoms with E-state index in [2.05, 4.69) is 171 Å². The van der Waals surface area contributed by atoms with Crippen LogP contribution in [-0.2, 0) is 18.3 Å². The predicted molar refractivity (Wildman–Crippen MR) is 201 cm³/mol. The van der Waals surface area contributed by atoms with Crippen LogP contribution < -0.4 is 4.90 Å². The lowest BCUT2D eigenvalue weighted by molar-refractivity contribution is 0.490. The van der Waals surface area contributed by atoms with Gasteiger partial charge in [-0.2, -0.15) is 0 Å². The van der Waals surface area contributed by atoms with Gasteiger partial charge in [0.25, 0.3) is 0 Å². The van der Waals surface area contributed by atoms with Gasteiger partial charge in [-0.25, -0.2) is 0 Å². The van der Waals surface area contributed by atoms with Crippen LogP contribution in [0.3, 0.4) is 0 Å². The molecule has 1 aliphatic rings. The minimum absolute atomic E-state index is 0.0718. The van der Waals surface area contributed by atoms with Gasteiger partial charge in [0, 0.05) is 38.9 Å². The van der Waals surface area contributed by atoms with E-state index >= 15 is 0 Å². The molecule has 0 saturated carbocycles. The van der Waals surface area contributed by atoms with Crippen molar-refractivity contribution in [2.45, 2.75) is 58.8 Å². The van der Waals surface area contributed by atoms with E-state index in [0.717, 1.165) is 25.7 Å². The molecule has 2 heteroatoms. The third kappa shape index (κ3) is 4.53. The lowest BCUT2D eigenvalue weighted by Gasteiger charge is -2.32. The third-order valence-electron chi connectivity index (χ3n) is 10.8. The summed E-state index contributed by atoms with van der Waals surface area (Å²) in [6.45, 7) is 9.21. The van der Waals surface area contributed by atoms with E-state index in [4.69, 9.17) is 0 Å². The summed E-state index contributed by atoms with van der Waals surface area (Å²) in [5, 5.41) is 2.60. The van der Waals surface area contributed by atoms with Crippen LogP contribution in [0.5, 0.6) is 0 Å². The van der Waals surface area contributed by atoms with Crippen molar-refractivity contribution in [2.75, 3.05) is 4.90 Å². The molecule has 0 saturated heterocycles. The van der Waals surface area contributed by atoms with E-state index in [9.17, 15) is 0 Å². The smallest absolute Gasteiger partial charge is 0.0541 e. The fourth-order valence-electron chi connectivity index (χ4n) is 8.24. The molecule has 0 radical (unpaired) electrons. The van der Waals surface area contributed by atoms with E-state index < -0.39 is 0 Å². The second-order valence-electron chi connectivity index (χ2n) is 13.0. The molecule has 1 heterocycles. The molecule has 6 aromatic carbocycles. The number of aromatic nitrogens is 1. The number of anilines is 3. The zero-order chi connectivity index (χ0) is 32.1. The van der Waals surface area contributed by atoms with Gasteiger partial charge in [-0.1, -0.05) is 100 Å². The lowest BCUT2D eigenvalue weighted by Crippen LogP contribution is -2.23. The molecule has 0 atom stereocenters. The average Bonchev–Trinajstić information content (AvgIpc) is 3.61. The Kier molecular flexibility index (Phi) is 7.25. The largest absolute Gasteiger partial charge is 0.310 e. The molecule has 0 N–H and O–H groups in total. The second kappa shape index (κ2) is 11.6. The zero-order valence-electron chi connectivity index (χ0n) is 27.9. The summed E-state index contributed by atoms with van der Waals surface area (Å²) in [6, 6.07) is 50.1. The van der Waals surface area contributed by atoms with Crippen molar-refractivity contribution in [1.29, 1.82) is 0 Å². The lowest BCUT2D eigenvalue weighted by atomic mass is 9.73. The summed E-state index contributed by atoms with van der Waals surface area (Å²) in [4.78, 5) is 2.46. The quantitative estimate of drug-likeness (QED) is 0.166. The highest BCUT2D eigenvalue weighted by molar-refractivity contribution is 6.09. The molecular weight excluding hydrogens is 569 g/mol. The number of benzene rings is 6. The normalized spacial score (nSPS) is 13.2. The molecule has 1 aromatic heterocycles. The van der Waals surface area contributed by atoms with Crippen LogP contribution in [0.25, 0.3) is 38.6 Å². The molecule has 47 heavy (non-hydrogen) atoms. The van der Waals surface area contributed by atoms with Gasteiger partial charge in [-0.05, 0) is 120 Å². The highest BCUT2D eigenvalue weighted by Gasteiger charge is 2.41. The Balaban J connectivity index is 1.31. The van der Waals surface area contributed by atoms with E-state index in [0.29, 0.717) is 0 Å². The molecule has 7 aromatic rings. The first-order chi connectivity index (χ1) is 23.1. The molecule has 2 nitrogen and oxygen atoms in total. The van der Waals surface area contributed by atoms with Crippen LogP contribution in [0.1, 0.15) is 62.8 Å². The molecule has 1 aliphatic carbocycles. The molecule has 0 fully saturated rings. The van der Waals surface area contributed by atoms with Gasteiger partial charge >= 0.3 is 0 Å². The minimum Gasteiger partial charge on any atom is -0.310 e. The van der Waals surface area contributed by atoms with E-state index in [1.807, 2.05) is 0 Å². The topological polar surface area (TPSA) is 8.17 Å². The molecule has 0 spiro atoms. The molecular formula is C45H42N2. The molecule has 0 unspecified atom stereocenters. The van der Waals surface area contributed by atoms with Crippen LogP contribution in [0, 0.1) is 0 Å². The van der Waals surface area contributed by atoms with Gasteiger partial charge in [-0.15, -0.1) is 0 Å². The maximum Gasteiger partial charge on any atom is 0.0541 e. The Morgan fingerprint density at radius 1 is 0.489 bits per heavy atom. The monoisotopic (exact) mass is 610 g/mol. The molecule has 0 amide bonds. The van der Waals surface area contributed by atoms with Crippen LogP contribution in [0.15, 0.2) is 133 Å². The van der Waals surface area contributed by atoms with Gasteiger partial charge in [0.1, 0.15) is 0 Å². The number of rotatable bonds is 8. The second-order valence-corrected chi connectivity index (χ2v) is 13.0. The molecule has 0 aliphatic heterocycles. The zero-order valence-corrected chi connectivity index (χ0v) is 27.9. The summed E-state index contributed by atoms with van der Waals surface area (Å²) in [5.74, 6) is 0. The number of hydrogen-bond acceptors (Lipinski definition) is 1. The molecule has 232 valence electrons. The number of aryl methyl sites for hydroxylation is 2. The van der Waals surface area contributed by atoms with E-state index in [-0.39, 0.29) is 5.41 Å². The van der Waals surface area contributed by atoms with Crippen LogP contribution in [0.2, 0.25) is 0 Å². The van der Waals surface area contributed by atoms with Crippen molar-refractivity contribution in [1.82, 2.24) is 4.57 Å². The van der Waals surface area contributed by atoms with Crippen LogP contribution >= 0.6 is 0 Å². The van der Waals surface area contributed by atoms with Gasteiger partial charge in [0.15, 0.2) is 0 Å². The highest BCUT2D eigenvalue weighted by Crippen LogP contribution is 2.55. The van der Waals surface area contributed by atoms with Crippen molar-refractivity contribution in [3.05, 3.63) is 156 Å². The first-order valence-corrected chi connectivity index (χ1v) is 17.4. The first-order valence-electron chi connectivity index (χ1n) is 17.4. The Morgan fingerprint density at radius 2 is 1.00 bits per heavy atom. The fraction of sp³-hybridized carbons (Fsp3) is 0.200. The summed E-state index contributed by atoms with van der Waals surface area (Å²) in [7, 11) is 0. The number of hydrogen-bond donors (Lipinski definition) is 0. The van der Waals surface area contributed by atoms with Gasteiger partial charge in [0.2, 0.25) is 0 Å². The van der Waals surface area contributed by atoms with Gasteiger partial charge < -0.3 is 9.47 Å². The Labute approximate surface area is 278 Å². The maximum absolute atomic E-state index is 2.50. The standard InChI is InChI=1S/C45H42N2/c1-5-31-15-13-17-33(27-31)46(34-18-14-16-32(6-2)28-34)35-23-25-37-38-26-24-36(30-42(38)45(7-3,8-4)41(37)29-35)47-43-21-11-9-19-39(43)40-20-10-12-22-44(40)47/h9-30H,5-8H2,1-4H3. The summed E-state index contributed by atoms with van der Waals surface area (Å²) < 4.78 is 2.46. The predicted octanol–water partition coefficient (Wildman–Crippen LogP) is 12.5. The van der Waals surface area contributed by atoms with Crippen molar-refractivity contribution < 1.29 is 0 Å². The maximum atomic E-state index is 2.50. The summed E-state index contributed by atoms with van der Waals surface area (Å²) in [6.07, 6.45) is 4.11. The number of nitrogens with zero attached hydrogens (tertiary/aromatic N) is 2. The van der Waals surface area contributed by atoms with Crippen molar-refractivity contribution in [3.8, 4) is 16.8 Å².